The zero-order chi connectivity index (χ0) is 20.5. The van der Waals surface area contributed by atoms with Gasteiger partial charge in [-0.25, -0.2) is 9.79 Å². The largest absolute Gasteiger partial charge is 0.444 e. The fraction of sp³-hybridized carbons (Fsp3) is 0.842. The molecule has 4 N–H and O–H groups in total. The number of ether oxygens (including phenoxy) is 1. The van der Waals surface area contributed by atoms with Crippen molar-refractivity contribution in [2.75, 3.05) is 19.6 Å². The smallest absolute Gasteiger partial charge is 0.408 e. The molecule has 0 aromatic carbocycles. The van der Waals surface area contributed by atoms with Crippen molar-refractivity contribution in [2.24, 2.45) is 4.99 Å². The third-order valence-electron chi connectivity index (χ3n) is 4.38. The minimum atomic E-state index is -0.546. The molecule has 0 spiro atoms. The maximum atomic E-state index is 12.2. The SMILES string of the molecule is CCNC(=NCC(=O)NC1CC1)NCC(CC)(CC)NC(=O)OC(C)(C)C.I. The fourth-order valence-corrected chi connectivity index (χ4v) is 2.49. The summed E-state index contributed by atoms with van der Waals surface area (Å²) in [7, 11) is 0. The van der Waals surface area contributed by atoms with Crippen molar-refractivity contribution in [1.82, 2.24) is 21.3 Å². The van der Waals surface area contributed by atoms with E-state index in [2.05, 4.69) is 26.3 Å². The molecule has 0 saturated heterocycles. The van der Waals surface area contributed by atoms with Gasteiger partial charge in [0.2, 0.25) is 5.91 Å². The minimum Gasteiger partial charge on any atom is -0.444 e. The lowest BCUT2D eigenvalue weighted by molar-refractivity contribution is -0.119. The van der Waals surface area contributed by atoms with Crippen molar-refractivity contribution in [3.05, 3.63) is 0 Å². The summed E-state index contributed by atoms with van der Waals surface area (Å²) >= 11 is 0. The van der Waals surface area contributed by atoms with Crippen LogP contribution in [0, 0.1) is 0 Å². The molecule has 0 atom stereocenters. The molecule has 2 amide bonds. The van der Waals surface area contributed by atoms with E-state index in [1.54, 1.807) is 0 Å². The predicted octanol–water partition coefficient (Wildman–Crippen LogP) is 2.52. The molecular weight excluding hydrogens is 473 g/mol. The third-order valence-corrected chi connectivity index (χ3v) is 4.38. The van der Waals surface area contributed by atoms with Crippen molar-refractivity contribution in [3.8, 4) is 0 Å². The highest BCUT2D eigenvalue weighted by molar-refractivity contribution is 14.0. The standard InChI is InChI=1S/C19H37N5O3.HI/c1-7-19(8-2,24-17(26)27-18(4,5)6)13-22-16(20-9-3)21-12-15(25)23-14-10-11-14;/h14H,7-13H2,1-6H3,(H,23,25)(H,24,26)(H2,20,21,22);1H. The molecule has 28 heavy (non-hydrogen) atoms. The summed E-state index contributed by atoms with van der Waals surface area (Å²) in [5, 5.41) is 12.3. The van der Waals surface area contributed by atoms with Crippen LogP contribution in [-0.2, 0) is 9.53 Å². The first-order valence-electron chi connectivity index (χ1n) is 9.95. The summed E-state index contributed by atoms with van der Waals surface area (Å²) in [6.07, 6.45) is 3.15. The first-order valence-corrected chi connectivity index (χ1v) is 9.95. The van der Waals surface area contributed by atoms with E-state index in [1.165, 1.54) is 0 Å². The van der Waals surface area contributed by atoms with Crippen LogP contribution in [0.2, 0.25) is 0 Å². The molecule has 0 bridgehead atoms. The van der Waals surface area contributed by atoms with E-state index in [0.717, 1.165) is 25.7 Å². The number of carbonyl (C=O) groups excluding carboxylic acids is 2. The summed E-state index contributed by atoms with van der Waals surface area (Å²) in [6, 6.07) is 0.328. The Labute approximate surface area is 186 Å². The van der Waals surface area contributed by atoms with Crippen LogP contribution in [0.5, 0.6) is 0 Å². The van der Waals surface area contributed by atoms with Crippen LogP contribution < -0.4 is 21.3 Å². The van der Waals surface area contributed by atoms with Crippen LogP contribution >= 0.6 is 24.0 Å². The number of nitrogens with zero attached hydrogens (tertiary/aromatic N) is 1. The first kappa shape index (κ1) is 26.7. The average molecular weight is 511 g/mol. The van der Waals surface area contributed by atoms with E-state index in [-0.39, 0.29) is 36.4 Å². The highest BCUT2D eigenvalue weighted by Crippen LogP contribution is 2.18. The number of amides is 2. The second kappa shape index (κ2) is 12.3. The van der Waals surface area contributed by atoms with E-state index in [4.69, 9.17) is 4.74 Å². The van der Waals surface area contributed by atoms with Gasteiger partial charge >= 0.3 is 6.09 Å². The van der Waals surface area contributed by atoms with Gasteiger partial charge in [-0.05, 0) is 53.4 Å². The van der Waals surface area contributed by atoms with Crippen LogP contribution in [0.3, 0.4) is 0 Å². The maximum absolute atomic E-state index is 12.2. The molecule has 0 aromatic rings. The molecule has 0 radical (unpaired) electrons. The lowest BCUT2D eigenvalue weighted by Crippen LogP contribution is -2.57. The van der Waals surface area contributed by atoms with Crippen molar-refractivity contribution in [2.45, 2.75) is 84.4 Å². The zero-order valence-electron chi connectivity index (χ0n) is 18.1. The molecule has 0 unspecified atom stereocenters. The molecule has 8 nitrogen and oxygen atoms in total. The second-order valence-corrected chi connectivity index (χ2v) is 8.00. The van der Waals surface area contributed by atoms with Gasteiger partial charge in [-0.1, -0.05) is 13.8 Å². The van der Waals surface area contributed by atoms with Gasteiger partial charge in [0.1, 0.15) is 12.1 Å². The predicted molar refractivity (Wildman–Crippen MR) is 123 cm³/mol. The number of carbonyl (C=O) groups is 2. The number of halogens is 1. The summed E-state index contributed by atoms with van der Waals surface area (Å²) < 4.78 is 5.40. The van der Waals surface area contributed by atoms with Gasteiger partial charge < -0.3 is 26.0 Å². The Morgan fingerprint density at radius 1 is 1.07 bits per heavy atom. The van der Waals surface area contributed by atoms with E-state index < -0.39 is 17.2 Å². The maximum Gasteiger partial charge on any atom is 0.408 e. The molecular formula is C19H38IN5O3. The Morgan fingerprint density at radius 2 is 1.68 bits per heavy atom. The Bertz CT molecular complexity index is 526. The van der Waals surface area contributed by atoms with E-state index in [9.17, 15) is 9.59 Å². The molecule has 1 rings (SSSR count). The topological polar surface area (TPSA) is 104 Å². The van der Waals surface area contributed by atoms with E-state index >= 15 is 0 Å². The van der Waals surface area contributed by atoms with Gasteiger partial charge in [0.25, 0.3) is 0 Å². The lowest BCUT2D eigenvalue weighted by atomic mass is 9.93. The summed E-state index contributed by atoms with van der Waals surface area (Å²) in [5.41, 5.74) is -1.01. The second-order valence-electron chi connectivity index (χ2n) is 8.00. The van der Waals surface area contributed by atoms with Crippen molar-refractivity contribution in [1.29, 1.82) is 0 Å². The van der Waals surface area contributed by atoms with E-state index in [0.29, 0.717) is 25.1 Å². The monoisotopic (exact) mass is 511 g/mol. The Kier molecular flexibility index (Phi) is 11.8. The van der Waals surface area contributed by atoms with Gasteiger partial charge in [0.05, 0.1) is 5.54 Å². The molecule has 9 heteroatoms. The average Bonchev–Trinajstić information content (AvgIpc) is 3.38. The zero-order valence-corrected chi connectivity index (χ0v) is 20.4. The van der Waals surface area contributed by atoms with Crippen LogP contribution in [0.4, 0.5) is 4.79 Å². The van der Waals surface area contributed by atoms with Gasteiger partial charge in [-0.2, -0.15) is 0 Å². The minimum absolute atomic E-state index is 0. The third kappa shape index (κ3) is 10.9. The number of aliphatic imine (C=N–C) groups is 1. The van der Waals surface area contributed by atoms with Gasteiger partial charge in [-0.3, -0.25) is 4.79 Å². The van der Waals surface area contributed by atoms with E-state index in [1.807, 2.05) is 41.5 Å². The number of nitrogens with one attached hydrogen (secondary N) is 4. The van der Waals surface area contributed by atoms with Crippen LogP contribution in [0.1, 0.15) is 67.2 Å². The van der Waals surface area contributed by atoms with Gasteiger partial charge in [0, 0.05) is 19.1 Å². The number of rotatable bonds is 9. The molecule has 1 fully saturated rings. The van der Waals surface area contributed by atoms with Crippen LogP contribution in [0.25, 0.3) is 0 Å². The van der Waals surface area contributed by atoms with Crippen molar-refractivity contribution < 1.29 is 14.3 Å². The molecule has 1 saturated carbocycles. The normalized spacial score (nSPS) is 14.6. The van der Waals surface area contributed by atoms with Crippen molar-refractivity contribution in [3.63, 3.8) is 0 Å². The number of alkyl carbamates (subject to hydrolysis) is 1. The first-order chi connectivity index (χ1) is 12.6. The Hall–Kier alpha value is -1.26. The molecule has 0 aliphatic heterocycles. The fourth-order valence-electron chi connectivity index (χ4n) is 2.49. The molecule has 164 valence electrons. The number of hydrogen-bond acceptors (Lipinski definition) is 4. The Balaban J connectivity index is 0.00000729. The number of guanidine groups is 1. The van der Waals surface area contributed by atoms with Gasteiger partial charge in [-0.15, -0.1) is 24.0 Å². The molecule has 1 aliphatic rings. The van der Waals surface area contributed by atoms with Gasteiger partial charge in [0.15, 0.2) is 5.96 Å². The molecule has 0 aromatic heterocycles. The number of hydrogen-bond donors (Lipinski definition) is 4. The Morgan fingerprint density at radius 3 is 2.14 bits per heavy atom. The molecule has 1 aliphatic carbocycles. The molecule has 0 heterocycles. The highest BCUT2D eigenvalue weighted by Gasteiger charge is 2.30. The lowest BCUT2D eigenvalue weighted by Gasteiger charge is -2.34. The van der Waals surface area contributed by atoms with Crippen LogP contribution in [-0.4, -0.2) is 54.8 Å². The quantitative estimate of drug-likeness (QED) is 0.217. The summed E-state index contributed by atoms with van der Waals surface area (Å²) in [4.78, 5) is 28.4. The summed E-state index contributed by atoms with van der Waals surface area (Å²) in [5.74, 6) is 0.486. The highest BCUT2D eigenvalue weighted by atomic mass is 127. The van der Waals surface area contributed by atoms with Crippen LogP contribution in [0.15, 0.2) is 4.99 Å². The summed E-state index contributed by atoms with van der Waals surface area (Å²) in [6.45, 7) is 12.8. The van der Waals surface area contributed by atoms with Crippen molar-refractivity contribution >= 4 is 41.9 Å².